The number of carbonyl (C=O) groups is 1. The minimum absolute atomic E-state index is 0.0159. The van der Waals surface area contributed by atoms with Gasteiger partial charge in [-0.15, -0.1) is 0 Å². The van der Waals surface area contributed by atoms with Crippen LogP contribution in [0.15, 0.2) is 0 Å². The molecule has 0 radical (unpaired) electrons. The second kappa shape index (κ2) is 8.53. The van der Waals surface area contributed by atoms with Gasteiger partial charge in [0, 0.05) is 6.92 Å². The number of hydrogen-bond donors (Lipinski definition) is 0. The Morgan fingerprint density at radius 2 is 1.88 bits per heavy atom. The molecule has 1 saturated heterocycles. The fourth-order valence-electron chi connectivity index (χ4n) is 1.69. The monoisotopic (exact) mass is 230 g/mol. The van der Waals surface area contributed by atoms with Gasteiger partial charge in [0.15, 0.2) is 6.29 Å². The first-order valence-corrected chi connectivity index (χ1v) is 6.15. The van der Waals surface area contributed by atoms with Crippen LogP contribution in [0.1, 0.15) is 45.4 Å². The molecule has 4 heteroatoms. The Hall–Kier alpha value is -0.610. The molecule has 0 atom stereocenters. The Bertz CT molecular complexity index is 187. The summed E-state index contributed by atoms with van der Waals surface area (Å²) in [6.45, 7) is 3.65. The minimum atomic E-state index is -0.191. The summed E-state index contributed by atoms with van der Waals surface area (Å²) >= 11 is 0. The second-order valence-electron chi connectivity index (χ2n) is 4.07. The normalized spacial score (nSPS) is 17.3. The second-order valence-corrected chi connectivity index (χ2v) is 4.07. The van der Waals surface area contributed by atoms with Crippen LogP contribution in [0.25, 0.3) is 0 Å². The van der Waals surface area contributed by atoms with Crippen LogP contribution in [-0.2, 0) is 19.0 Å². The van der Waals surface area contributed by atoms with E-state index in [9.17, 15) is 4.79 Å². The molecule has 0 aromatic rings. The Kier molecular flexibility index (Phi) is 7.17. The molecular formula is C12H22O4. The Morgan fingerprint density at radius 1 is 1.19 bits per heavy atom. The molecule has 0 saturated carbocycles. The van der Waals surface area contributed by atoms with Gasteiger partial charge in [0.05, 0.1) is 19.8 Å². The summed E-state index contributed by atoms with van der Waals surface area (Å²) in [7, 11) is 0. The van der Waals surface area contributed by atoms with Gasteiger partial charge in [-0.25, -0.2) is 0 Å². The van der Waals surface area contributed by atoms with E-state index in [2.05, 4.69) is 0 Å². The highest BCUT2D eigenvalue weighted by Crippen LogP contribution is 2.13. The third-order valence-corrected chi connectivity index (χ3v) is 2.54. The maximum atomic E-state index is 10.5. The van der Waals surface area contributed by atoms with Crippen molar-refractivity contribution in [3.63, 3.8) is 0 Å². The summed E-state index contributed by atoms with van der Waals surface area (Å²) in [6.07, 6.45) is 6.32. The molecule has 1 aliphatic heterocycles. The first-order valence-electron chi connectivity index (χ1n) is 6.15. The summed E-state index contributed by atoms with van der Waals surface area (Å²) in [5.74, 6) is -0.191. The average Bonchev–Trinajstić information content (AvgIpc) is 2.29. The molecule has 4 nitrogen and oxygen atoms in total. The summed E-state index contributed by atoms with van der Waals surface area (Å²) in [6, 6.07) is 0. The summed E-state index contributed by atoms with van der Waals surface area (Å²) in [5, 5.41) is 0. The van der Waals surface area contributed by atoms with E-state index in [4.69, 9.17) is 14.2 Å². The van der Waals surface area contributed by atoms with Crippen LogP contribution >= 0.6 is 0 Å². The van der Waals surface area contributed by atoms with E-state index in [1.165, 1.54) is 6.92 Å². The lowest BCUT2D eigenvalue weighted by Crippen LogP contribution is -2.24. The highest BCUT2D eigenvalue weighted by atomic mass is 16.7. The number of hydrogen-bond acceptors (Lipinski definition) is 4. The highest BCUT2D eigenvalue weighted by Gasteiger charge is 2.12. The summed E-state index contributed by atoms with van der Waals surface area (Å²) < 4.78 is 15.7. The molecular weight excluding hydrogens is 208 g/mol. The first-order chi connectivity index (χ1) is 7.79. The Morgan fingerprint density at radius 3 is 2.56 bits per heavy atom. The van der Waals surface area contributed by atoms with Crippen LogP contribution < -0.4 is 0 Å². The molecule has 0 N–H and O–H groups in total. The number of rotatable bonds is 7. The standard InChI is InChI=1S/C12H22O4/c1-11(13)14-8-5-3-2-4-7-12-15-9-6-10-16-12/h12H,2-10H2,1H3. The predicted molar refractivity (Wildman–Crippen MR) is 60.0 cm³/mol. The van der Waals surface area contributed by atoms with Gasteiger partial charge in [-0.1, -0.05) is 12.8 Å². The predicted octanol–water partition coefficient (Wildman–Crippen LogP) is 2.26. The quantitative estimate of drug-likeness (QED) is 0.497. The summed E-state index contributed by atoms with van der Waals surface area (Å²) in [5.41, 5.74) is 0. The van der Waals surface area contributed by atoms with Gasteiger partial charge >= 0.3 is 5.97 Å². The lowest BCUT2D eigenvalue weighted by atomic mass is 10.1. The molecule has 0 bridgehead atoms. The molecule has 94 valence electrons. The fraction of sp³-hybridized carbons (Fsp3) is 0.917. The van der Waals surface area contributed by atoms with Crippen molar-refractivity contribution in [2.75, 3.05) is 19.8 Å². The van der Waals surface area contributed by atoms with Crippen molar-refractivity contribution in [3.05, 3.63) is 0 Å². The van der Waals surface area contributed by atoms with E-state index < -0.39 is 0 Å². The minimum Gasteiger partial charge on any atom is -0.466 e. The van der Waals surface area contributed by atoms with Crippen LogP contribution in [0.5, 0.6) is 0 Å². The van der Waals surface area contributed by atoms with Crippen LogP contribution in [-0.4, -0.2) is 32.1 Å². The van der Waals surface area contributed by atoms with Crippen molar-refractivity contribution in [2.45, 2.75) is 51.7 Å². The molecule has 0 amide bonds. The SMILES string of the molecule is CC(=O)OCCCCCCC1OCCCO1. The fourth-order valence-corrected chi connectivity index (χ4v) is 1.69. The molecule has 0 unspecified atom stereocenters. The van der Waals surface area contributed by atoms with E-state index in [0.29, 0.717) is 6.61 Å². The smallest absolute Gasteiger partial charge is 0.302 e. The van der Waals surface area contributed by atoms with Gasteiger partial charge in [0.1, 0.15) is 0 Å². The molecule has 16 heavy (non-hydrogen) atoms. The van der Waals surface area contributed by atoms with E-state index in [0.717, 1.165) is 51.7 Å². The van der Waals surface area contributed by atoms with Crippen LogP contribution in [0, 0.1) is 0 Å². The number of unbranched alkanes of at least 4 members (excludes halogenated alkanes) is 3. The van der Waals surface area contributed by atoms with Crippen molar-refractivity contribution in [3.8, 4) is 0 Å². The molecule has 1 fully saturated rings. The topological polar surface area (TPSA) is 44.8 Å². The van der Waals surface area contributed by atoms with Crippen LogP contribution in [0.3, 0.4) is 0 Å². The van der Waals surface area contributed by atoms with Gasteiger partial charge < -0.3 is 14.2 Å². The van der Waals surface area contributed by atoms with Crippen LogP contribution in [0.4, 0.5) is 0 Å². The average molecular weight is 230 g/mol. The molecule has 1 rings (SSSR count). The van der Waals surface area contributed by atoms with Gasteiger partial charge in [-0.3, -0.25) is 4.79 Å². The number of ether oxygens (including phenoxy) is 3. The molecule has 0 aromatic heterocycles. The lowest BCUT2D eigenvalue weighted by Gasteiger charge is -2.22. The summed E-state index contributed by atoms with van der Waals surface area (Å²) in [4.78, 5) is 10.5. The zero-order chi connectivity index (χ0) is 11.6. The zero-order valence-corrected chi connectivity index (χ0v) is 10.1. The third-order valence-electron chi connectivity index (χ3n) is 2.54. The maximum absolute atomic E-state index is 10.5. The zero-order valence-electron chi connectivity index (χ0n) is 10.1. The third kappa shape index (κ3) is 6.80. The lowest BCUT2D eigenvalue weighted by molar-refractivity contribution is -0.181. The molecule has 1 aliphatic rings. The molecule has 0 aromatic carbocycles. The number of carbonyl (C=O) groups excluding carboxylic acids is 1. The van der Waals surface area contributed by atoms with Crippen molar-refractivity contribution >= 4 is 5.97 Å². The van der Waals surface area contributed by atoms with Gasteiger partial charge in [0.2, 0.25) is 0 Å². The van der Waals surface area contributed by atoms with Crippen molar-refractivity contribution in [1.29, 1.82) is 0 Å². The highest BCUT2D eigenvalue weighted by molar-refractivity contribution is 5.65. The van der Waals surface area contributed by atoms with Gasteiger partial charge in [0.25, 0.3) is 0 Å². The van der Waals surface area contributed by atoms with E-state index in [-0.39, 0.29) is 12.3 Å². The van der Waals surface area contributed by atoms with Crippen LogP contribution in [0.2, 0.25) is 0 Å². The molecule has 0 spiro atoms. The van der Waals surface area contributed by atoms with Crippen molar-refractivity contribution in [1.82, 2.24) is 0 Å². The Balaban J connectivity index is 1.82. The molecule has 0 aliphatic carbocycles. The Labute approximate surface area is 97.2 Å². The first kappa shape index (κ1) is 13.5. The maximum Gasteiger partial charge on any atom is 0.302 e. The number of esters is 1. The van der Waals surface area contributed by atoms with Gasteiger partial charge in [-0.2, -0.15) is 0 Å². The van der Waals surface area contributed by atoms with E-state index in [1.807, 2.05) is 0 Å². The van der Waals surface area contributed by atoms with E-state index in [1.54, 1.807) is 0 Å². The van der Waals surface area contributed by atoms with Crippen molar-refractivity contribution < 1.29 is 19.0 Å². The van der Waals surface area contributed by atoms with E-state index >= 15 is 0 Å². The molecule has 1 heterocycles. The van der Waals surface area contributed by atoms with Gasteiger partial charge in [-0.05, 0) is 25.7 Å². The van der Waals surface area contributed by atoms with Crippen molar-refractivity contribution in [2.24, 2.45) is 0 Å². The largest absolute Gasteiger partial charge is 0.466 e.